The van der Waals surface area contributed by atoms with Gasteiger partial charge in [0, 0.05) is 28.8 Å². The van der Waals surface area contributed by atoms with Crippen molar-refractivity contribution >= 4 is 29.1 Å². The number of thioether (sulfide) groups is 1. The molecule has 0 unspecified atom stereocenters. The third kappa shape index (κ3) is 2.97. The molecule has 2 aromatic carbocycles. The van der Waals surface area contributed by atoms with E-state index in [9.17, 15) is 4.79 Å². The molecule has 1 aliphatic rings. The molecule has 4 aromatic rings. The Labute approximate surface area is 183 Å². The van der Waals surface area contributed by atoms with E-state index in [-0.39, 0.29) is 11.0 Å². The van der Waals surface area contributed by atoms with Gasteiger partial charge in [-0.1, -0.05) is 79.7 Å². The molecule has 0 fully saturated rings. The standard InChI is InChI=1S/C23H21ClN4OS/c1-23(2)12-14-8-4-6-10-16(14)19-18(23)20(29)28-21(25-19)27(3)26-22(28)30-13-15-9-5-7-11-17(15)24/h4-11H,12-13H2,1-3H3. The summed E-state index contributed by atoms with van der Waals surface area (Å²) < 4.78 is 3.33. The number of aryl methyl sites for hydroxylation is 1. The first kappa shape index (κ1) is 19.4. The van der Waals surface area contributed by atoms with Crippen LogP contribution >= 0.6 is 23.4 Å². The Morgan fingerprint density at radius 1 is 1.13 bits per heavy atom. The Morgan fingerprint density at radius 3 is 2.67 bits per heavy atom. The van der Waals surface area contributed by atoms with Crippen LogP contribution in [0.25, 0.3) is 17.0 Å². The molecule has 5 nitrogen and oxygen atoms in total. The highest BCUT2D eigenvalue weighted by atomic mass is 35.5. The Balaban J connectivity index is 1.69. The van der Waals surface area contributed by atoms with E-state index in [0.29, 0.717) is 21.7 Å². The normalized spacial score (nSPS) is 14.5. The van der Waals surface area contributed by atoms with Crippen LogP contribution in [-0.2, 0) is 24.6 Å². The van der Waals surface area contributed by atoms with Gasteiger partial charge in [-0.15, -0.1) is 5.10 Å². The molecule has 0 bridgehead atoms. The van der Waals surface area contributed by atoms with Gasteiger partial charge < -0.3 is 0 Å². The topological polar surface area (TPSA) is 52.2 Å². The number of benzene rings is 2. The quantitative estimate of drug-likeness (QED) is 0.430. The summed E-state index contributed by atoms with van der Waals surface area (Å²) in [4.78, 5) is 18.7. The molecule has 2 aromatic heterocycles. The van der Waals surface area contributed by atoms with Crippen molar-refractivity contribution < 1.29 is 0 Å². The second-order valence-corrected chi connectivity index (χ2v) is 9.63. The van der Waals surface area contributed by atoms with Crippen LogP contribution in [0.2, 0.25) is 5.02 Å². The minimum atomic E-state index is -0.310. The van der Waals surface area contributed by atoms with E-state index in [1.54, 1.807) is 9.08 Å². The van der Waals surface area contributed by atoms with Gasteiger partial charge in [0.15, 0.2) is 5.16 Å². The molecule has 5 rings (SSSR count). The molecule has 0 atom stereocenters. The smallest absolute Gasteiger partial charge is 0.265 e. The van der Waals surface area contributed by atoms with Crippen molar-refractivity contribution in [1.82, 2.24) is 19.2 Å². The van der Waals surface area contributed by atoms with Crippen molar-refractivity contribution in [2.45, 2.75) is 36.6 Å². The summed E-state index contributed by atoms with van der Waals surface area (Å²) in [5.74, 6) is 1.18. The van der Waals surface area contributed by atoms with Gasteiger partial charge >= 0.3 is 0 Å². The minimum absolute atomic E-state index is 0.0377. The lowest BCUT2D eigenvalue weighted by Crippen LogP contribution is -2.36. The molecule has 0 radical (unpaired) electrons. The highest BCUT2D eigenvalue weighted by Crippen LogP contribution is 2.40. The van der Waals surface area contributed by atoms with Crippen LogP contribution in [0.4, 0.5) is 0 Å². The summed E-state index contributed by atoms with van der Waals surface area (Å²) in [6.07, 6.45) is 0.807. The van der Waals surface area contributed by atoms with Crippen LogP contribution in [0.15, 0.2) is 58.5 Å². The van der Waals surface area contributed by atoms with E-state index in [2.05, 4.69) is 31.1 Å². The number of halogens is 1. The zero-order valence-corrected chi connectivity index (χ0v) is 18.6. The van der Waals surface area contributed by atoms with Crippen LogP contribution in [-0.4, -0.2) is 19.2 Å². The molecule has 1 aliphatic carbocycles. The molecule has 0 saturated heterocycles. The Hall–Kier alpha value is -2.57. The summed E-state index contributed by atoms with van der Waals surface area (Å²) in [6, 6.07) is 15.9. The van der Waals surface area contributed by atoms with E-state index >= 15 is 0 Å². The molecule has 7 heteroatoms. The van der Waals surface area contributed by atoms with Crippen molar-refractivity contribution in [1.29, 1.82) is 0 Å². The zero-order chi connectivity index (χ0) is 21.0. The van der Waals surface area contributed by atoms with Crippen molar-refractivity contribution in [3.63, 3.8) is 0 Å². The molecule has 0 saturated carbocycles. The molecule has 0 spiro atoms. The van der Waals surface area contributed by atoms with E-state index < -0.39 is 0 Å². The SMILES string of the molecule is Cn1nc(SCc2ccccc2Cl)n2c(=O)c3c(nc12)-c1ccccc1CC3(C)C. The maximum atomic E-state index is 13.7. The lowest BCUT2D eigenvalue weighted by molar-refractivity contribution is 0.505. The number of nitrogens with zero attached hydrogens (tertiary/aromatic N) is 4. The van der Waals surface area contributed by atoms with Crippen molar-refractivity contribution in [2.24, 2.45) is 7.05 Å². The summed E-state index contributed by atoms with van der Waals surface area (Å²) >= 11 is 7.80. The molecule has 0 N–H and O–H groups in total. The largest absolute Gasteiger partial charge is 0.268 e. The van der Waals surface area contributed by atoms with E-state index in [1.165, 1.54) is 17.3 Å². The van der Waals surface area contributed by atoms with Crippen LogP contribution in [0, 0.1) is 0 Å². The average Bonchev–Trinajstić information content (AvgIpc) is 3.03. The Morgan fingerprint density at radius 2 is 1.87 bits per heavy atom. The highest BCUT2D eigenvalue weighted by molar-refractivity contribution is 7.98. The Bertz CT molecular complexity index is 1360. The van der Waals surface area contributed by atoms with Crippen LogP contribution in [0.1, 0.15) is 30.5 Å². The van der Waals surface area contributed by atoms with Gasteiger partial charge in [-0.05, 0) is 23.6 Å². The fourth-order valence-electron chi connectivity index (χ4n) is 4.24. The lowest BCUT2D eigenvalue weighted by atomic mass is 9.72. The lowest BCUT2D eigenvalue weighted by Gasteiger charge is -2.32. The fraction of sp³-hybridized carbons (Fsp3) is 0.261. The van der Waals surface area contributed by atoms with E-state index in [0.717, 1.165) is 28.8 Å². The first-order chi connectivity index (χ1) is 14.4. The number of hydrogen-bond donors (Lipinski definition) is 0. The summed E-state index contributed by atoms with van der Waals surface area (Å²) in [7, 11) is 1.83. The summed E-state index contributed by atoms with van der Waals surface area (Å²) in [6.45, 7) is 4.23. The first-order valence-electron chi connectivity index (χ1n) is 9.81. The minimum Gasteiger partial charge on any atom is -0.268 e. The monoisotopic (exact) mass is 436 g/mol. The van der Waals surface area contributed by atoms with Crippen LogP contribution in [0.3, 0.4) is 0 Å². The number of rotatable bonds is 3. The Kier molecular flexibility index (Phi) is 4.52. The molecule has 2 heterocycles. The maximum Gasteiger partial charge on any atom is 0.265 e. The van der Waals surface area contributed by atoms with Gasteiger partial charge in [-0.2, -0.15) is 0 Å². The average molecular weight is 437 g/mol. The third-order valence-electron chi connectivity index (χ3n) is 5.68. The molecule has 0 amide bonds. The zero-order valence-electron chi connectivity index (χ0n) is 17.0. The number of aromatic nitrogens is 4. The van der Waals surface area contributed by atoms with Gasteiger partial charge in [0.05, 0.1) is 11.3 Å². The molecule has 0 aliphatic heterocycles. The van der Waals surface area contributed by atoms with Crippen LogP contribution in [0.5, 0.6) is 0 Å². The summed E-state index contributed by atoms with van der Waals surface area (Å²) in [5, 5.41) is 5.95. The van der Waals surface area contributed by atoms with Crippen molar-refractivity contribution in [3.8, 4) is 11.3 Å². The first-order valence-corrected chi connectivity index (χ1v) is 11.2. The molecule has 30 heavy (non-hydrogen) atoms. The van der Waals surface area contributed by atoms with Crippen LogP contribution < -0.4 is 5.56 Å². The van der Waals surface area contributed by atoms with E-state index in [4.69, 9.17) is 16.6 Å². The van der Waals surface area contributed by atoms with Gasteiger partial charge in [-0.25, -0.2) is 14.1 Å². The number of hydrogen-bond acceptors (Lipinski definition) is 4. The summed E-state index contributed by atoms with van der Waals surface area (Å²) in [5.41, 5.74) is 4.46. The van der Waals surface area contributed by atoms with Gasteiger partial charge in [0.1, 0.15) is 0 Å². The maximum absolute atomic E-state index is 13.7. The molecular weight excluding hydrogens is 416 g/mol. The predicted octanol–water partition coefficient (Wildman–Crippen LogP) is 4.87. The van der Waals surface area contributed by atoms with Crippen molar-refractivity contribution in [2.75, 3.05) is 0 Å². The van der Waals surface area contributed by atoms with Gasteiger partial charge in [0.2, 0.25) is 5.78 Å². The third-order valence-corrected chi connectivity index (χ3v) is 7.02. The molecular formula is C23H21ClN4OS. The second kappa shape index (κ2) is 7.00. The predicted molar refractivity (Wildman–Crippen MR) is 121 cm³/mol. The van der Waals surface area contributed by atoms with E-state index in [1.807, 2.05) is 43.4 Å². The second-order valence-electron chi connectivity index (χ2n) is 8.28. The molecule has 152 valence electrons. The number of fused-ring (bicyclic) bond motifs is 4. The highest BCUT2D eigenvalue weighted by Gasteiger charge is 2.36. The fourth-order valence-corrected chi connectivity index (χ4v) is 5.54. The van der Waals surface area contributed by atoms with Gasteiger partial charge in [-0.3, -0.25) is 4.79 Å². The van der Waals surface area contributed by atoms with Crippen molar-refractivity contribution in [3.05, 3.63) is 80.6 Å². The van der Waals surface area contributed by atoms with Gasteiger partial charge in [0.25, 0.3) is 5.56 Å².